The van der Waals surface area contributed by atoms with E-state index in [2.05, 4.69) is 52.1 Å². The molecule has 0 radical (unpaired) electrons. The van der Waals surface area contributed by atoms with Crippen LogP contribution < -0.4 is 5.32 Å². The highest BCUT2D eigenvalue weighted by molar-refractivity contribution is 9.10. The van der Waals surface area contributed by atoms with Gasteiger partial charge in [-0.1, -0.05) is 0 Å². The minimum absolute atomic E-state index is 0.542. The van der Waals surface area contributed by atoms with Gasteiger partial charge in [0.05, 0.1) is 5.69 Å². The summed E-state index contributed by atoms with van der Waals surface area (Å²) in [6.07, 6.45) is 1.83. The second kappa shape index (κ2) is 6.20. The van der Waals surface area contributed by atoms with Crippen molar-refractivity contribution in [3.05, 3.63) is 28.5 Å². The Bertz CT molecular complexity index is 284. The van der Waals surface area contributed by atoms with Gasteiger partial charge in [-0.05, 0) is 49.1 Å². The van der Waals surface area contributed by atoms with Gasteiger partial charge < -0.3 is 10.2 Å². The standard InChI is InChI=1S/C11H18BrN3/c1-9(15(2)3)6-13-8-11-5-4-10(12)7-14-11/h4-5,7,9,13H,6,8H2,1-3H3. The van der Waals surface area contributed by atoms with Crippen molar-refractivity contribution < 1.29 is 0 Å². The van der Waals surface area contributed by atoms with Crippen molar-refractivity contribution in [1.82, 2.24) is 15.2 Å². The monoisotopic (exact) mass is 271 g/mol. The van der Waals surface area contributed by atoms with Crippen LogP contribution in [0.5, 0.6) is 0 Å². The normalized spacial score (nSPS) is 13.1. The molecule has 0 bridgehead atoms. The molecule has 3 nitrogen and oxygen atoms in total. The van der Waals surface area contributed by atoms with Crippen LogP contribution in [0.15, 0.2) is 22.8 Å². The highest BCUT2D eigenvalue weighted by Crippen LogP contribution is 2.07. The van der Waals surface area contributed by atoms with Gasteiger partial charge in [0.1, 0.15) is 0 Å². The van der Waals surface area contributed by atoms with Crippen LogP contribution >= 0.6 is 15.9 Å². The molecule has 0 saturated heterocycles. The molecule has 0 aliphatic rings. The van der Waals surface area contributed by atoms with E-state index in [1.807, 2.05) is 18.3 Å². The molecule has 0 saturated carbocycles. The number of rotatable bonds is 5. The van der Waals surface area contributed by atoms with Crippen molar-refractivity contribution in [1.29, 1.82) is 0 Å². The van der Waals surface area contributed by atoms with Crippen LogP contribution in [0.4, 0.5) is 0 Å². The topological polar surface area (TPSA) is 28.2 Å². The lowest BCUT2D eigenvalue weighted by Gasteiger charge is -2.19. The quantitative estimate of drug-likeness (QED) is 0.887. The van der Waals surface area contributed by atoms with E-state index in [0.717, 1.165) is 23.3 Å². The first-order valence-corrected chi connectivity index (χ1v) is 5.86. The number of pyridine rings is 1. The molecule has 0 spiro atoms. The summed E-state index contributed by atoms with van der Waals surface area (Å²) in [5.74, 6) is 0. The largest absolute Gasteiger partial charge is 0.310 e. The molecule has 0 aliphatic heterocycles. The summed E-state index contributed by atoms with van der Waals surface area (Å²) in [5, 5.41) is 3.38. The predicted octanol–water partition coefficient (Wildman–Crippen LogP) is 1.88. The second-order valence-corrected chi connectivity index (χ2v) is 4.83. The van der Waals surface area contributed by atoms with Gasteiger partial charge in [-0.25, -0.2) is 0 Å². The highest BCUT2D eigenvalue weighted by Gasteiger charge is 2.03. The van der Waals surface area contributed by atoms with Gasteiger partial charge in [0, 0.05) is 29.8 Å². The number of nitrogens with zero attached hydrogens (tertiary/aromatic N) is 2. The Labute approximate surface area is 100 Å². The Hall–Kier alpha value is -0.450. The molecule has 84 valence electrons. The van der Waals surface area contributed by atoms with Crippen LogP contribution in [0.25, 0.3) is 0 Å². The maximum atomic E-state index is 4.30. The maximum absolute atomic E-state index is 4.30. The van der Waals surface area contributed by atoms with Crippen molar-refractivity contribution in [3.8, 4) is 0 Å². The van der Waals surface area contributed by atoms with E-state index in [9.17, 15) is 0 Å². The fraction of sp³-hybridized carbons (Fsp3) is 0.545. The van der Waals surface area contributed by atoms with Gasteiger partial charge in [-0.2, -0.15) is 0 Å². The van der Waals surface area contributed by atoms with Gasteiger partial charge in [-0.3, -0.25) is 4.98 Å². The fourth-order valence-electron chi connectivity index (χ4n) is 1.10. The van der Waals surface area contributed by atoms with Gasteiger partial charge in [0.15, 0.2) is 0 Å². The SMILES string of the molecule is CC(CNCc1ccc(Br)cn1)N(C)C. The van der Waals surface area contributed by atoms with Crippen LogP contribution in [0.2, 0.25) is 0 Å². The molecule has 1 heterocycles. The average molecular weight is 272 g/mol. The maximum Gasteiger partial charge on any atom is 0.0542 e. The molecule has 1 rings (SSSR count). The Morgan fingerprint density at radius 2 is 2.20 bits per heavy atom. The third-order valence-electron chi connectivity index (χ3n) is 2.42. The Morgan fingerprint density at radius 3 is 2.73 bits per heavy atom. The summed E-state index contributed by atoms with van der Waals surface area (Å²) < 4.78 is 1.02. The molecule has 1 N–H and O–H groups in total. The first-order valence-electron chi connectivity index (χ1n) is 5.07. The molecule has 1 unspecified atom stereocenters. The molecular weight excluding hydrogens is 254 g/mol. The van der Waals surface area contributed by atoms with E-state index >= 15 is 0 Å². The van der Waals surface area contributed by atoms with Crippen molar-refractivity contribution in [2.75, 3.05) is 20.6 Å². The zero-order chi connectivity index (χ0) is 11.3. The molecule has 0 amide bonds. The first kappa shape index (κ1) is 12.6. The van der Waals surface area contributed by atoms with Gasteiger partial charge >= 0.3 is 0 Å². The minimum atomic E-state index is 0.542. The van der Waals surface area contributed by atoms with Crippen molar-refractivity contribution >= 4 is 15.9 Å². The smallest absolute Gasteiger partial charge is 0.0542 e. The van der Waals surface area contributed by atoms with E-state index in [1.165, 1.54) is 0 Å². The third-order valence-corrected chi connectivity index (χ3v) is 2.89. The van der Waals surface area contributed by atoms with E-state index in [-0.39, 0.29) is 0 Å². The van der Waals surface area contributed by atoms with Crippen LogP contribution in [-0.4, -0.2) is 36.6 Å². The highest BCUT2D eigenvalue weighted by atomic mass is 79.9. The number of aromatic nitrogens is 1. The summed E-state index contributed by atoms with van der Waals surface area (Å²) in [6.45, 7) is 4.00. The van der Waals surface area contributed by atoms with E-state index in [0.29, 0.717) is 6.04 Å². The Morgan fingerprint density at radius 1 is 1.47 bits per heavy atom. The fourth-order valence-corrected chi connectivity index (χ4v) is 1.34. The van der Waals surface area contributed by atoms with Gasteiger partial charge in [-0.15, -0.1) is 0 Å². The molecular formula is C11H18BrN3. The van der Waals surface area contributed by atoms with Gasteiger partial charge in [0.2, 0.25) is 0 Å². The molecule has 0 fully saturated rings. The Kier molecular flexibility index (Phi) is 5.22. The lowest BCUT2D eigenvalue weighted by molar-refractivity contribution is 0.302. The number of hydrogen-bond donors (Lipinski definition) is 1. The van der Waals surface area contributed by atoms with Crippen LogP contribution in [0, 0.1) is 0 Å². The van der Waals surface area contributed by atoms with Crippen molar-refractivity contribution in [3.63, 3.8) is 0 Å². The number of nitrogens with one attached hydrogen (secondary N) is 1. The summed E-state index contributed by atoms with van der Waals surface area (Å²) in [7, 11) is 4.18. The summed E-state index contributed by atoms with van der Waals surface area (Å²) in [5.41, 5.74) is 1.07. The van der Waals surface area contributed by atoms with Crippen LogP contribution in [-0.2, 0) is 6.54 Å². The minimum Gasteiger partial charge on any atom is -0.310 e. The molecule has 1 atom stereocenters. The van der Waals surface area contributed by atoms with E-state index in [1.54, 1.807) is 0 Å². The number of hydrogen-bond acceptors (Lipinski definition) is 3. The lowest BCUT2D eigenvalue weighted by atomic mass is 10.3. The number of likely N-dealkylation sites (N-methyl/N-ethyl adjacent to an activating group) is 1. The van der Waals surface area contributed by atoms with Crippen molar-refractivity contribution in [2.24, 2.45) is 0 Å². The van der Waals surface area contributed by atoms with E-state index in [4.69, 9.17) is 0 Å². The molecule has 0 aromatic carbocycles. The summed E-state index contributed by atoms with van der Waals surface area (Å²) in [4.78, 5) is 6.49. The third kappa shape index (κ3) is 4.73. The van der Waals surface area contributed by atoms with Crippen LogP contribution in [0.1, 0.15) is 12.6 Å². The Balaban J connectivity index is 2.29. The zero-order valence-corrected chi connectivity index (χ0v) is 11.1. The molecule has 15 heavy (non-hydrogen) atoms. The zero-order valence-electron chi connectivity index (χ0n) is 9.50. The lowest BCUT2D eigenvalue weighted by Crippen LogP contribution is -2.35. The molecule has 1 aromatic rings. The summed E-state index contributed by atoms with van der Waals surface area (Å²) in [6, 6.07) is 4.58. The van der Waals surface area contributed by atoms with Gasteiger partial charge in [0.25, 0.3) is 0 Å². The van der Waals surface area contributed by atoms with Crippen molar-refractivity contribution in [2.45, 2.75) is 19.5 Å². The molecule has 0 aliphatic carbocycles. The average Bonchev–Trinajstić information content (AvgIpc) is 2.20. The van der Waals surface area contributed by atoms with Crippen LogP contribution in [0.3, 0.4) is 0 Å². The molecule has 4 heteroatoms. The predicted molar refractivity (Wildman–Crippen MR) is 66.8 cm³/mol. The summed E-state index contributed by atoms with van der Waals surface area (Å²) >= 11 is 3.37. The molecule has 1 aromatic heterocycles. The first-order chi connectivity index (χ1) is 7.09. The number of halogens is 1. The second-order valence-electron chi connectivity index (χ2n) is 3.91. The van der Waals surface area contributed by atoms with E-state index < -0.39 is 0 Å².